The second kappa shape index (κ2) is 21.0. The summed E-state index contributed by atoms with van der Waals surface area (Å²) in [7, 11) is 4.49. The van der Waals surface area contributed by atoms with Gasteiger partial charge in [0.2, 0.25) is 5.91 Å². The van der Waals surface area contributed by atoms with Gasteiger partial charge in [-0.15, -0.1) is 0 Å². The van der Waals surface area contributed by atoms with Crippen molar-refractivity contribution in [1.82, 2.24) is 5.32 Å². The van der Waals surface area contributed by atoms with E-state index in [2.05, 4.69) is 5.32 Å². The minimum atomic E-state index is -1.23. The third-order valence-electron chi connectivity index (χ3n) is 5.27. The van der Waals surface area contributed by atoms with Crippen molar-refractivity contribution in [3.8, 4) is 0 Å². The molecule has 0 aliphatic rings. The van der Waals surface area contributed by atoms with E-state index in [1.807, 2.05) is 30.3 Å². The summed E-state index contributed by atoms with van der Waals surface area (Å²) in [5.41, 5.74) is 0.941. The molecule has 1 amide bonds. The van der Waals surface area contributed by atoms with Crippen LogP contribution >= 0.6 is 21.6 Å². The van der Waals surface area contributed by atoms with Crippen molar-refractivity contribution in [3.05, 3.63) is 35.9 Å². The normalized spacial score (nSPS) is 13.0. The molecule has 0 aliphatic carbocycles. The Labute approximate surface area is 249 Å². The lowest BCUT2D eigenvalue weighted by atomic mass is 10.1. The number of esters is 4. The van der Waals surface area contributed by atoms with Crippen LogP contribution in [0.1, 0.15) is 46.1 Å². The third kappa shape index (κ3) is 16.9. The molecule has 1 rings (SSSR count). The monoisotopic (exact) mass is 615 g/mol. The van der Waals surface area contributed by atoms with Crippen molar-refractivity contribution >= 4 is 51.4 Å². The molecule has 0 fully saturated rings. The van der Waals surface area contributed by atoms with Crippen molar-refractivity contribution < 1.29 is 47.7 Å². The maximum absolute atomic E-state index is 12.6. The smallest absolute Gasteiger partial charge is 0.347 e. The first-order chi connectivity index (χ1) is 19.5. The lowest BCUT2D eigenvalue weighted by Gasteiger charge is -2.21. The minimum Gasteiger partial charge on any atom is -0.463 e. The highest BCUT2D eigenvalue weighted by atomic mass is 33.1. The first-order valence-electron chi connectivity index (χ1n) is 13.3. The Morgan fingerprint density at radius 1 is 0.780 bits per heavy atom. The fourth-order valence-corrected chi connectivity index (χ4v) is 4.98. The Morgan fingerprint density at radius 3 is 2.02 bits per heavy atom. The van der Waals surface area contributed by atoms with Crippen molar-refractivity contribution in [1.29, 1.82) is 0 Å². The van der Waals surface area contributed by atoms with E-state index in [1.54, 1.807) is 13.8 Å². The zero-order valence-corrected chi connectivity index (χ0v) is 25.9. The van der Waals surface area contributed by atoms with E-state index in [0.717, 1.165) is 5.56 Å². The van der Waals surface area contributed by atoms with E-state index >= 15 is 0 Å². The second-order valence-electron chi connectivity index (χ2n) is 9.25. The summed E-state index contributed by atoms with van der Waals surface area (Å²) in [6.45, 7) is 6.44. The number of hydrogen-bond donors (Lipinski definition) is 1. The summed E-state index contributed by atoms with van der Waals surface area (Å²) in [5.74, 6) is -2.04. The van der Waals surface area contributed by atoms with E-state index in [-0.39, 0.29) is 37.9 Å². The molecule has 230 valence electrons. The van der Waals surface area contributed by atoms with Gasteiger partial charge >= 0.3 is 23.9 Å². The molecule has 0 bridgehead atoms. The molecule has 0 saturated carbocycles. The number of nitrogens with one attached hydrogen (secondary N) is 1. The molecule has 1 N–H and O–H groups in total. The summed E-state index contributed by atoms with van der Waals surface area (Å²) in [6, 6.07) is 8.91. The van der Waals surface area contributed by atoms with E-state index in [1.165, 1.54) is 42.5 Å². The standard InChI is InChI=1S/C28H41NO10S2/c1-19(2)26(32)38-21(4)28(34)39-20(3)27(33)37-18-23(17-22-9-7-6-8-10-22)29-24(30)11-15-40-41-16-12-25(31)36-14-13-35-5/h6-10,19-21,23H,11-18H2,1-5H3,(H,29,30). The molecule has 1 aromatic rings. The van der Waals surface area contributed by atoms with Gasteiger partial charge in [-0.1, -0.05) is 65.8 Å². The molecular formula is C28H41NO10S2. The van der Waals surface area contributed by atoms with Crippen LogP contribution in [-0.4, -0.2) is 86.5 Å². The fraction of sp³-hybridized carbons (Fsp3) is 0.607. The summed E-state index contributed by atoms with van der Waals surface area (Å²) in [6.07, 6.45) is -1.48. The minimum absolute atomic E-state index is 0.133. The summed E-state index contributed by atoms with van der Waals surface area (Å²) in [4.78, 5) is 60.6. The van der Waals surface area contributed by atoms with Gasteiger partial charge in [-0.3, -0.25) is 14.4 Å². The summed E-state index contributed by atoms with van der Waals surface area (Å²) >= 11 is 0. The van der Waals surface area contributed by atoms with E-state index in [9.17, 15) is 24.0 Å². The number of amides is 1. The average Bonchev–Trinajstić information content (AvgIpc) is 2.93. The summed E-state index contributed by atoms with van der Waals surface area (Å²) < 4.78 is 25.3. The van der Waals surface area contributed by atoms with Gasteiger partial charge in [-0.05, 0) is 25.8 Å². The average molecular weight is 616 g/mol. The van der Waals surface area contributed by atoms with Gasteiger partial charge in [0.05, 0.1) is 25.0 Å². The van der Waals surface area contributed by atoms with E-state index in [0.29, 0.717) is 24.5 Å². The quantitative estimate of drug-likeness (QED) is 0.0996. The zero-order chi connectivity index (χ0) is 30.6. The van der Waals surface area contributed by atoms with Gasteiger partial charge in [0.15, 0.2) is 12.2 Å². The van der Waals surface area contributed by atoms with Gasteiger partial charge < -0.3 is 29.0 Å². The molecule has 3 unspecified atom stereocenters. The van der Waals surface area contributed by atoms with Crippen LogP contribution in [0, 0.1) is 5.92 Å². The number of hydrogen-bond acceptors (Lipinski definition) is 12. The van der Waals surface area contributed by atoms with Crippen LogP contribution in [0.15, 0.2) is 30.3 Å². The van der Waals surface area contributed by atoms with Crippen LogP contribution < -0.4 is 5.32 Å². The number of ether oxygens (including phenoxy) is 5. The highest BCUT2D eigenvalue weighted by Gasteiger charge is 2.27. The first-order valence-corrected chi connectivity index (χ1v) is 15.8. The molecule has 0 aromatic heterocycles. The summed E-state index contributed by atoms with van der Waals surface area (Å²) in [5, 5.41) is 2.90. The largest absolute Gasteiger partial charge is 0.463 e. The maximum Gasteiger partial charge on any atom is 0.347 e. The number of benzene rings is 1. The predicted molar refractivity (Wildman–Crippen MR) is 156 cm³/mol. The lowest BCUT2D eigenvalue weighted by molar-refractivity contribution is -0.178. The zero-order valence-electron chi connectivity index (χ0n) is 24.3. The maximum atomic E-state index is 12.6. The molecule has 3 atom stereocenters. The Hall–Kier alpha value is -2.77. The van der Waals surface area contributed by atoms with Gasteiger partial charge in [-0.2, -0.15) is 0 Å². The molecule has 13 heteroatoms. The Balaban J connectivity index is 2.50. The Bertz CT molecular complexity index is 960. The van der Waals surface area contributed by atoms with Crippen molar-refractivity contribution in [2.24, 2.45) is 5.92 Å². The van der Waals surface area contributed by atoms with Crippen molar-refractivity contribution in [3.63, 3.8) is 0 Å². The second-order valence-corrected chi connectivity index (χ2v) is 12.0. The molecular weight excluding hydrogens is 574 g/mol. The molecule has 11 nitrogen and oxygen atoms in total. The van der Waals surface area contributed by atoms with Gasteiger partial charge in [0.1, 0.15) is 13.2 Å². The topological polar surface area (TPSA) is 144 Å². The molecule has 41 heavy (non-hydrogen) atoms. The molecule has 0 spiro atoms. The highest BCUT2D eigenvalue weighted by molar-refractivity contribution is 8.76. The van der Waals surface area contributed by atoms with Gasteiger partial charge in [0.25, 0.3) is 0 Å². The van der Waals surface area contributed by atoms with Crippen LogP contribution in [0.3, 0.4) is 0 Å². The van der Waals surface area contributed by atoms with E-state index in [4.69, 9.17) is 23.7 Å². The molecule has 1 aromatic carbocycles. The van der Waals surface area contributed by atoms with Crippen LogP contribution in [0.2, 0.25) is 0 Å². The van der Waals surface area contributed by atoms with Gasteiger partial charge in [-0.25, -0.2) is 9.59 Å². The lowest BCUT2D eigenvalue weighted by Crippen LogP contribution is -2.42. The number of carbonyl (C=O) groups excluding carboxylic acids is 5. The Kier molecular flexibility index (Phi) is 18.6. The molecule has 0 saturated heterocycles. The SMILES string of the molecule is COCCOC(=O)CCSSCCC(=O)NC(COC(=O)C(C)OC(=O)C(C)OC(=O)C(C)C)Cc1ccccc1. The molecule has 0 heterocycles. The number of rotatable bonds is 20. The highest BCUT2D eigenvalue weighted by Crippen LogP contribution is 2.22. The van der Waals surface area contributed by atoms with Crippen molar-refractivity contribution in [2.75, 3.05) is 38.4 Å². The third-order valence-corrected chi connectivity index (χ3v) is 7.68. The van der Waals surface area contributed by atoms with Crippen LogP contribution in [0.5, 0.6) is 0 Å². The van der Waals surface area contributed by atoms with Crippen LogP contribution in [0.25, 0.3) is 0 Å². The van der Waals surface area contributed by atoms with Gasteiger partial charge in [0, 0.05) is 25.0 Å². The molecule has 0 radical (unpaired) electrons. The number of methoxy groups -OCH3 is 1. The first kappa shape index (κ1) is 36.3. The number of carbonyl (C=O) groups is 5. The van der Waals surface area contributed by atoms with E-state index < -0.39 is 42.1 Å². The predicted octanol–water partition coefficient (Wildman–Crippen LogP) is 3.13. The van der Waals surface area contributed by atoms with Crippen molar-refractivity contribution in [2.45, 2.75) is 65.2 Å². The van der Waals surface area contributed by atoms with Crippen LogP contribution in [0.4, 0.5) is 0 Å². The fourth-order valence-electron chi connectivity index (χ4n) is 3.01. The van der Waals surface area contributed by atoms with Crippen LogP contribution in [-0.2, 0) is 54.1 Å². The molecule has 0 aliphatic heterocycles. The Morgan fingerprint density at radius 2 is 1.39 bits per heavy atom.